The van der Waals surface area contributed by atoms with Gasteiger partial charge in [-0.2, -0.15) is 0 Å². The van der Waals surface area contributed by atoms with E-state index in [4.69, 9.17) is 14.2 Å². The van der Waals surface area contributed by atoms with E-state index in [9.17, 15) is 4.79 Å². The first-order chi connectivity index (χ1) is 11.7. The minimum Gasteiger partial charge on any atom is -0.496 e. The summed E-state index contributed by atoms with van der Waals surface area (Å²) in [6.45, 7) is 2.30. The molecule has 1 heterocycles. The van der Waals surface area contributed by atoms with Gasteiger partial charge >= 0.3 is 6.09 Å². The van der Waals surface area contributed by atoms with E-state index in [0.29, 0.717) is 6.42 Å². The van der Waals surface area contributed by atoms with Crippen LogP contribution < -0.4 is 14.8 Å². The van der Waals surface area contributed by atoms with E-state index >= 15 is 0 Å². The molecule has 2 aromatic rings. The third kappa shape index (κ3) is 3.62. The van der Waals surface area contributed by atoms with Crippen molar-refractivity contribution in [2.24, 2.45) is 0 Å². The van der Waals surface area contributed by atoms with E-state index in [-0.39, 0.29) is 6.61 Å². The molecular formula is C19H21NO4. The van der Waals surface area contributed by atoms with Gasteiger partial charge in [-0.05, 0) is 29.7 Å². The zero-order valence-electron chi connectivity index (χ0n) is 13.9. The molecule has 24 heavy (non-hydrogen) atoms. The fourth-order valence-corrected chi connectivity index (χ4v) is 2.75. The molecule has 1 atom stereocenters. The third-order valence-electron chi connectivity index (χ3n) is 4.01. The molecule has 126 valence electrons. The van der Waals surface area contributed by atoms with Gasteiger partial charge in [-0.25, -0.2) is 4.79 Å². The first kappa shape index (κ1) is 16.2. The molecule has 2 aromatic carbocycles. The lowest BCUT2D eigenvalue weighted by molar-refractivity contribution is 0.113. The highest BCUT2D eigenvalue weighted by Gasteiger charge is 2.26. The van der Waals surface area contributed by atoms with E-state index in [1.54, 1.807) is 7.11 Å². The van der Waals surface area contributed by atoms with Crippen LogP contribution >= 0.6 is 0 Å². The van der Waals surface area contributed by atoms with Crippen LogP contribution in [0.5, 0.6) is 11.5 Å². The molecule has 1 N–H and O–H groups in total. The minimum atomic E-state index is -0.487. The summed E-state index contributed by atoms with van der Waals surface area (Å²) in [5.41, 5.74) is 3.06. The van der Waals surface area contributed by atoms with E-state index in [2.05, 4.69) is 12.2 Å². The molecule has 0 saturated carbocycles. The Morgan fingerprint density at radius 2 is 2.08 bits per heavy atom. The van der Waals surface area contributed by atoms with Crippen LogP contribution in [0.4, 0.5) is 4.79 Å². The standard InChI is InChI=1S/C19H21NO4/c1-3-14-9-17-15(10-16(14)22-2)11-18(24-17)20-19(21)23-12-13-7-5-4-6-8-13/h4-10,18H,3,11-12H2,1-2H3,(H,20,21). The number of carbonyl (C=O) groups is 1. The Morgan fingerprint density at radius 3 is 2.79 bits per heavy atom. The van der Waals surface area contributed by atoms with Crippen molar-refractivity contribution < 1.29 is 19.0 Å². The number of carbonyl (C=O) groups excluding carboxylic acids is 1. The van der Waals surface area contributed by atoms with E-state index < -0.39 is 12.3 Å². The fraction of sp³-hybridized carbons (Fsp3) is 0.316. The molecule has 0 radical (unpaired) electrons. The van der Waals surface area contributed by atoms with E-state index in [0.717, 1.165) is 34.6 Å². The van der Waals surface area contributed by atoms with Crippen molar-refractivity contribution in [1.29, 1.82) is 0 Å². The minimum absolute atomic E-state index is 0.236. The molecule has 1 aliphatic rings. The summed E-state index contributed by atoms with van der Waals surface area (Å²) < 4.78 is 16.4. The molecule has 5 nitrogen and oxygen atoms in total. The molecule has 1 unspecified atom stereocenters. The van der Waals surface area contributed by atoms with Gasteiger partial charge in [0.15, 0.2) is 6.23 Å². The van der Waals surface area contributed by atoms with Crippen molar-refractivity contribution in [2.75, 3.05) is 7.11 Å². The second-order valence-electron chi connectivity index (χ2n) is 5.64. The molecule has 1 amide bonds. The fourth-order valence-electron chi connectivity index (χ4n) is 2.75. The van der Waals surface area contributed by atoms with Gasteiger partial charge in [0.25, 0.3) is 0 Å². The lowest BCUT2D eigenvalue weighted by Gasteiger charge is -2.13. The Bertz CT molecular complexity index is 682. The molecule has 0 fully saturated rings. The Labute approximate surface area is 141 Å². The van der Waals surface area contributed by atoms with Gasteiger partial charge in [-0.3, -0.25) is 5.32 Å². The van der Waals surface area contributed by atoms with E-state index in [1.807, 2.05) is 42.5 Å². The molecule has 0 bridgehead atoms. The number of rotatable bonds is 5. The first-order valence-corrected chi connectivity index (χ1v) is 8.03. The second-order valence-corrected chi connectivity index (χ2v) is 5.64. The highest BCUT2D eigenvalue weighted by atomic mass is 16.6. The molecule has 0 spiro atoms. The molecule has 0 aliphatic carbocycles. The average Bonchev–Trinajstić information content (AvgIpc) is 3.00. The van der Waals surface area contributed by atoms with Gasteiger partial charge < -0.3 is 14.2 Å². The summed E-state index contributed by atoms with van der Waals surface area (Å²) in [6.07, 6.45) is 0.548. The van der Waals surface area contributed by atoms with Crippen LogP contribution in [0.1, 0.15) is 23.6 Å². The van der Waals surface area contributed by atoms with Crippen LogP contribution in [0.15, 0.2) is 42.5 Å². The molecule has 0 aromatic heterocycles. The maximum Gasteiger partial charge on any atom is 0.410 e. The monoisotopic (exact) mass is 327 g/mol. The predicted octanol–water partition coefficient (Wildman–Crippen LogP) is 3.45. The van der Waals surface area contributed by atoms with Crippen LogP contribution in [-0.4, -0.2) is 19.4 Å². The number of methoxy groups -OCH3 is 1. The van der Waals surface area contributed by atoms with Crippen molar-refractivity contribution in [2.45, 2.75) is 32.6 Å². The lowest BCUT2D eigenvalue weighted by atomic mass is 10.1. The van der Waals surface area contributed by atoms with Crippen molar-refractivity contribution in [3.63, 3.8) is 0 Å². The number of alkyl carbamates (subject to hydrolysis) is 1. The van der Waals surface area contributed by atoms with Crippen LogP contribution in [0.25, 0.3) is 0 Å². The Morgan fingerprint density at radius 1 is 1.29 bits per heavy atom. The Kier molecular flexibility index (Phi) is 4.89. The molecule has 0 saturated heterocycles. The summed E-state index contributed by atoms with van der Waals surface area (Å²) in [7, 11) is 1.66. The maximum atomic E-state index is 11.9. The lowest BCUT2D eigenvalue weighted by Crippen LogP contribution is -2.38. The van der Waals surface area contributed by atoms with E-state index in [1.165, 1.54) is 0 Å². The summed E-state index contributed by atoms with van der Waals surface area (Å²) in [4.78, 5) is 11.9. The van der Waals surface area contributed by atoms with Gasteiger partial charge in [0.05, 0.1) is 7.11 Å². The van der Waals surface area contributed by atoms with Gasteiger partial charge in [-0.1, -0.05) is 37.3 Å². The van der Waals surface area contributed by atoms with Crippen LogP contribution in [0.3, 0.4) is 0 Å². The third-order valence-corrected chi connectivity index (χ3v) is 4.01. The number of aryl methyl sites for hydroxylation is 1. The number of benzene rings is 2. The van der Waals surface area contributed by atoms with Crippen molar-refractivity contribution >= 4 is 6.09 Å². The van der Waals surface area contributed by atoms with Crippen molar-refractivity contribution in [3.8, 4) is 11.5 Å². The number of fused-ring (bicyclic) bond motifs is 1. The molecule has 3 rings (SSSR count). The maximum absolute atomic E-state index is 11.9. The SMILES string of the molecule is CCc1cc2c(cc1OC)CC(NC(=O)OCc1ccccc1)O2. The molecular weight excluding hydrogens is 306 g/mol. The van der Waals surface area contributed by atoms with Gasteiger partial charge in [0.2, 0.25) is 0 Å². The number of ether oxygens (including phenoxy) is 3. The highest BCUT2D eigenvalue weighted by Crippen LogP contribution is 2.34. The first-order valence-electron chi connectivity index (χ1n) is 8.03. The number of nitrogens with one attached hydrogen (secondary N) is 1. The van der Waals surface area contributed by atoms with Crippen molar-refractivity contribution in [1.82, 2.24) is 5.32 Å². The summed E-state index contributed by atoms with van der Waals surface area (Å²) in [5, 5.41) is 2.75. The van der Waals surface area contributed by atoms with Gasteiger partial charge in [0.1, 0.15) is 18.1 Å². The molecule has 1 aliphatic heterocycles. The number of hydrogen-bond acceptors (Lipinski definition) is 4. The highest BCUT2D eigenvalue weighted by molar-refractivity contribution is 5.67. The predicted molar refractivity (Wildman–Crippen MR) is 90.3 cm³/mol. The number of amides is 1. The zero-order valence-corrected chi connectivity index (χ0v) is 13.9. The number of hydrogen-bond donors (Lipinski definition) is 1. The van der Waals surface area contributed by atoms with Gasteiger partial charge in [-0.15, -0.1) is 0 Å². The normalized spacial score (nSPS) is 15.3. The smallest absolute Gasteiger partial charge is 0.410 e. The Hall–Kier alpha value is -2.69. The topological polar surface area (TPSA) is 56.8 Å². The van der Waals surface area contributed by atoms with Gasteiger partial charge in [0, 0.05) is 12.0 Å². The summed E-state index contributed by atoms with van der Waals surface area (Å²) >= 11 is 0. The summed E-state index contributed by atoms with van der Waals surface area (Å²) in [5.74, 6) is 1.65. The average molecular weight is 327 g/mol. The summed E-state index contributed by atoms with van der Waals surface area (Å²) in [6, 6.07) is 13.5. The van der Waals surface area contributed by atoms with Crippen molar-refractivity contribution in [3.05, 3.63) is 59.2 Å². The van der Waals surface area contributed by atoms with Crippen LogP contribution in [0.2, 0.25) is 0 Å². The van der Waals surface area contributed by atoms with Crippen LogP contribution in [0, 0.1) is 0 Å². The van der Waals surface area contributed by atoms with Crippen LogP contribution in [-0.2, 0) is 24.2 Å². The quantitative estimate of drug-likeness (QED) is 0.914. The Balaban J connectivity index is 1.56. The second kappa shape index (κ2) is 7.25. The largest absolute Gasteiger partial charge is 0.496 e. The molecule has 5 heteroatoms. The zero-order chi connectivity index (χ0) is 16.9.